The van der Waals surface area contributed by atoms with Crippen LogP contribution in [0.4, 0.5) is 13.2 Å². The number of hydrogen-bond acceptors (Lipinski definition) is 4. The van der Waals surface area contributed by atoms with Gasteiger partial charge in [0.05, 0.1) is 0 Å². The molecule has 23 heavy (non-hydrogen) atoms. The molecule has 0 radical (unpaired) electrons. The van der Waals surface area contributed by atoms with Crippen molar-refractivity contribution in [2.75, 3.05) is 0 Å². The topological polar surface area (TPSA) is 67.8 Å². The molecule has 5 nitrogen and oxygen atoms in total. The van der Waals surface area contributed by atoms with Crippen LogP contribution in [-0.4, -0.2) is 32.6 Å². The summed E-state index contributed by atoms with van der Waals surface area (Å²) < 4.78 is 38.3. The van der Waals surface area contributed by atoms with E-state index in [4.69, 9.17) is 11.6 Å². The van der Waals surface area contributed by atoms with Crippen molar-refractivity contribution in [1.82, 2.24) is 20.3 Å². The Balaban J connectivity index is 2.18. The predicted molar refractivity (Wildman–Crippen MR) is 77.9 cm³/mol. The summed E-state index contributed by atoms with van der Waals surface area (Å²) in [5, 5.41) is 2.14. The lowest BCUT2D eigenvalue weighted by Crippen LogP contribution is -2.54. The SMILES string of the molecule is CC(C)(NC(=O)c1ncc(-c2ccnc(Cl)c2)cn1)C(F)(F)F. The molecular formula is C14H12ClF3N4O. The number of amides is 1. The number of pyridine rings is 1. The van der Waals surface area contributed by atoms with Crippen LogP contribution in [0.5, 0.6) is 0 Å². The lowest BCUT2D eigenvalue weighted by atomic mass is 10.1. The summed E-state index contributed by atoms with van der Waals surface area (Å²) in [5.41, 5.74) is -1.15. The molecule has 0 aliphatic heterocycles. The maximum absolute atomic E-state index is 12.8. The number of nitrogens with zero attached hydrogens (tertiary/aromatic N) is 3. The molecule has 122 valence electrons. The van der Waals surface area contributed by atoms with Crippen molar-refractivity contribution in [2.24, 2.45) is 0 Å². The van der Waals surface area contributed by atoms with Crippen LogP contribution >= 0.6 is 11.6 Å². The number of aromatic nitrogens is 3. The van der Waals surface area contributed by atoms with Gasteiger partial charge in [0.15, 0.2) is 0 Å². The van der Waals surface area contributed by atoms with Crippen LogP contribution in [0.2, 0.25) is 5.15 Å². The zero-order valence-corrected chi connectivity index (χ0v) is 12.9. The zero-order valence-electron chi connectivity index (χ0n) is 12.1. The molecule has 2 aromatic rings. The average molecular weight is 345 g/mol. The van der Waals surface area contributed by atoms with E-state index >= 15 is 0 Å². The van der Waals surface area contributed by atoms with Gasteiger partial charge >= 0.3 is 6.18 Å². The third-order valence-electron chi connectivity index (χ3n) is 3.05. The smallest absolute Gasteiger partial charge is 0.336 e. The van der Waals surface area contributed by atoms with Gasteiger partial charge in [-0.1, -0.05) is 11.6 Å². The third kappa shape index (κ3) is 3.95. The minimum absolute atomic E-state index is 0.274. The molecule has 9 heteroatoms. The van der Waals surface area contributed by atoms with Crippen molar-refractivity contribution in [3.8, 4) is 11.1 Å². The highest BCUT2D eigenvalue weighted by atomic mass is 35.5. The Morgan fingerprint density at radius 3 is 2.26 bits per heavy atom. The van der Waals surface area contributed by atoms with Crippen LogP contribution in [-0.2, 0) is 0 Å². The first-order valence-corrected chi connectivity index (χ1v) is 6.81. The third-order valence-corrected chi connectivity index (χ3v) is 3.26. The summed E-state index contributed by atoms with van der Waals surface area (Å²) in [5.74, 6) is -1.36. The van der Waals surface area contributed by atoms with Crippen LogP contribution < -0.4 is 5.32 Å². The van der Waals surface area contributed by atoms with E-state index in [1.807, 2.05) is 5.32 Å². The van der Waals surface area contributed by atoms with E-state index in [0.29, 0.717) is 11.1 Å². The van der Waals surface area contributed by atoms with Gasteiger partial charge in [0.25, 0.3) is 5.91 Å². The molecule has 0 saturated heterocycles. The van der Waals surface area contributed by atoms with Crippen LogP contribution in [0.15, 0.2) is 30.7 Å². The molecule has 2 heterocycles. The van der Waals surface area contributed by atoms with Crippen molar-refractivity contribution in [3.05, 3.63) is 41.7 Å². The number of carbonyl (C=O) groups is 1. The van der Waals surface area contributed by atoms with Crippen LogP contribution in [0, 0.1) is 0 Å². The Morgan fingerprint density at radius 1 is 1.13 bits per heavy atom. The first kappa shape index (κ1) is 17.1. The summed E-state index contributed by atoms with van der Waals surface area (Å²) >= 11 is 5.77. The fraction of sp³-hybridized carbons (Fsp3) is 0.286. The molecule has 2 rings (SSSR count). The molecule has 0 saturated carbocycles. The summed E-state index contributed by atoms with van der Waals surface area (Å²) in [6, 6.07) is 3.24. The van der Waals surface area contributed by atoms with Crippen molar-refractivity contribution in [3.63, 3.8) is 0 Å². The largest absolute Gasteiger partial charge is 0.410 e. The molecule has 0 spiro atoms. The summed E-state index contributed by atoms with van der Waals surface area (Å²) in [6.45, 7) is 1.72. The molecule has 0 atom stereocenters. The normalized spacial score (nSPS) is 12.1. The summed E-state index contributed by atoms with van der Waals surface area (Å²) in [4.78, 5) is 23.3. The molecule has 2 aromatic heterocycles. The van der Waals surface area contributed by atoms with Gasteiger partial charge in [-0.05, 0) is 31.5 Å². The minimum Gasteiger partial charge on any atom is -0.336 e. The second-order valence-corrected chi connectivity index (χ2v) is 5.63. The molecule has 1 amide bonds. The van der Waals surface area contributed by atoms with E-state index in [0.717, 1.165) is 13.8 Å². The van der Waals surface area contributed by atoms with Crippen molar-refractivity contribution in [1.29, 1.82) is 0 Å². The monoisotopic (exact) mass is 344 g/mol. The Bertz CT molecular complexity index is 717. The molecule has 0 fully saturated rings. The highest BCUT2D eigenvalue weighted by Crippen LogP contribution is 2.29. The molecule has 0 unspecified atom stereocenters. The summed E-state index contributed by atoms with van der Waals surface area (Å²) in [6.07, 6.45) is -0.442. The highest BCUT2D eigenvalue weighted by molar-refractivity contribution is 6.29. The number of hydrogen-bond donors (Lipinski definition) is 1. The van der Waals surface area contributed by atoms with Gasteiger partial charge in [-0.15, -0.1) is 0 Å². The van der Waals surface area contributed by atoms with Gasteiger partial charge < -0.3 is 5.32 Å². The standard InChI is InChI=1S/C14H12ClF3N4O/c1-13(2,14(16,17)18)22-12(23)11-20-6-9(7-21-11)8-3-4-19-10(15)5-8/h3-7H,1-2H3,(H,22,23). The molecule has 0 aliphatic carbocycles. The summed E-state index contributed by atoms with van der Waals surface area (Å²) in [7, 11) is 0. The predicted octanol–water partition coefficient (Wildman–Crippen LogP) is 3.26. The molecular weight excluding hydrogens is 333 g/mol. The number of rotatable bonds is 3. The van der Waals surface area contributed by atoms with E-state index in [2.05, 4.69) is 15.0 Å². The average Bonchev–Trinajstić information content (AvgIpc) is 2.46. The van der Waals surface area contributed by atoms with E-state index in [1.165, 1.54) is 18.6 Å². The van der Waals surface area contributed by atoms with Gasteiger partial charge in [-0.25, -0.2) is 15.0 Å². The Morgan fingerprint density at radius 2 is 1.74 bits per heavy atom. The Kier molecular flexibility index (Phi) is 4.56. The first-order chi connectivity index (χ1) is 10.6. The quantitative estimate of drug-likeness (QED) is 0.868. The van der Waals surface area contributed by atoms with Crippen LogP contribution in [0.25, 0.3) is 11.1 Å². The maximum atomic E-state index is 12.8. The number of halogens is 4. The lowest BCUT2D eigenvalue weighted by molar-refractivity contribution is -0.182. The van der Waals surface area contributed by atoms with Gasteiger partial charge in [0, 0.05) is 24.2 Å². The van der Waals surface area contributed by atoms with Crippen molar-refractivity contribution in [2.45, 2.75) is 25.6 Å². The molecule has 1 N–H and O–H groups in total. The van der Waals surface area contributed by atoms with Crippen LogP contribution in [0.1, 0.15) is 24.5 Å². The maximum Gasteiger partial charge on any atom is 0.410 e. The first-order valence-electron chi connectivity index (χ1n) is 6.43. The lowest BCUT2D eigenvalue weighted by Gasteiger charge is -2.28. The van der Waals surface area contributed by atoms with Gasteiger partial charge in [0.2, 0.25) is 5.82 Å². The molecule has 0 bridgehead atoms. The van der Waals surface area contributed by atoms with E-state index < -0.39 is 17.6 Å². The van der Waals surface area contributed by atoms with Crippen molar-refractivity contribution < 1.29 is 18.0 Å². The second kappa shape index (κ2) is 6.11. The number of nitrogens with one attached hydrogen (secondary N) is 1. The van der Waals surface area contributed by atoms with Crippen LogP contribution in [0.3, 0.4) is 0 Å². The number of carbonyl (C=O) groups excluding carboxylic acids is 1. The molecule has 0 aromatic carbocycles. The number of alkyl halides is 3. The van der Waals surface area contributed by atoms with E-state index in [9.17, 15) is 18.0 Å². The second-order valence-electron chi connectivity index (χ2n) is 5.24. The Labute approximate surface area is 134 Å². The fourth-order valence-electron chi connectivity index (χ4n) is 1.59. The van der Waals surface area contributed by atoms with Gasteiger partial charge in [-0.2, -0.15) is 13.2 Å². The zero-order chi connectivity index (χ0) is 17.3. The highest BCUT2D eigenvalue weighted by Gasteiger charge is 2.48. The van der Waals surface area contributed by atoms with Crippen molar-refractivity contribution >= 4 is 17.5 Å². The van der Waals surface area contributed by atoms with E-state index in [1.54, 1.807) is 12.1 Å². The molecule has 0 aliphatic rings. The fourth-order valence-corrected chi connectivity index (χ4v) is 1.76. The van der Waals surface area contributed by atoms with Gasteiger partial charge in [0.1, 0.15) is 10.7 Å². The Hall–Kier alpha value is -2.22. The minimum atomic E-state index is -4.59. The van der Waals surface area contributed by atoms with E-state index in [-0.39, 0.29) is 11.0 Å². The van der Waals surface area contributed by atoms with Gasteiger partial charge in [-0.3, -0.25) is 4.79 Å².